The average Bonchev–Trinajstić information content (AvgIpc) is 3.33. The lowest BCUT2D eigenvalue weighted by atomic mass is 10.0. The molecule has 1 aromatic heterocycles. The van der Waals surface area contributed by atoms with Crippen molar-refractivity contribution in [3.05, 3.63) is 95.6 Å². The zero-order chi connectivity index (χ0) is 21.4. The van der Waals surface area contributed by atoms with Crippen LogP contribution in [0.3, 0.4) is 0 Å². The van der Waals surface area contributed by atoms with Crippen molar-refractivity contribution >= 4 is 35.1 Å². The number of fused-ring (bicyclic) bond motifs is 1. The Kier molecular flexibility index (Phi) is 5.18. The molecule has 4 nitrogen and oxygen atoms in total. The summed E-state index contributed by atoms with van der Waals surface area (Å²) in [6.45, 7) is 0. The first-order valence-electron chi connectivity index (χ1n) is 9.70. The first kappa shape index (κ1) is 19.7. The second kappa shape index (κ2) is 8.13. The number of aromatic amines is 1. The number of aromatic nitrogens is 1. The molecule has 6 heteroatoms. The maximum atomic E-state index is 12.8. The molecular formula is C25H18N2O2S2. The maximum absolute atomic E-state index is 12.8. The largest absolute Gasteiger partial charge is 0.494 e. The molecule has 0 bridgehead atoms. The van der Waals surface area contributed by atoms with Gasteiger partial charge in [0.1, 0.15) is 0 Å². The van der Waals surface area contributed by atoms with Crippen molar-refractivity contribution in [1.82, 2.24) is 4.98 Å². The minimum Gasteiger partial charge on any atom is -0.494 e. The molecule has 0 atom stereocenters. The molecule has 152 valence electrons. The lowest BCUT2D eigenvalue weighted by Gasteiger charge is -2.05. The molecule has 1 amide bonds. The fourth-order valence-electron chi connectivity index (χ4n) is 3.63. The number of carbonyl (C=O) groups excluding carboxylic acids is 1. The van der Waals surface area contributed by atoms with E-state index in [0.29, 0.717) is 22.5 Å². The lowest BCUT2D eigenvalue weighted by molar-refractivity contribution is 0.101. The topological polar surface area (TPSA) is 65.4 Å². The van der Waals surface area contributed by atoms with E-state index in [1.807, 2.05) is 73.0 Å². The molecule has 0 aliphatic carbocycles. The van der Waals surface area contributed by atoms with Gasteiger partial charge in [-0.3, -0.25) is 4.79 Å². The van der Waals surface area contributed by atoms with Crippen molar-refractivity contribution in [2.24, 2.45) is 4.99 Å². The fraction of sp³-hybridized carbons (Fsp3) is 0.0400. The SMILES string of the molecule is CSc1ccc(-c2[nH]c(O)c3c2C(=O)N=C3c2ccc(Sc3ccccc3)cc2)cc1. The quantitative estimate of drug-likeness (QED) is 0.359. The average molecular weight is 443 g/mol. The summed E-state index contributed by atoms with van der Waals surface area (Å²) < 4.78 is 0. The molecule has 0 saturated heterocycles. The molecule has 1 aliphatic rings. The summed E-state index contributed by atoms with van der Waals surface area (Å²) in [6.07, 6.45) is 2.01. The van der Waals surface area contributed by atoms with Gasteiger partial charge in [-0.1, -0.05) is 54.2 Å². The minimum absolute atomic E-state index is 0.0359. The van der Waals surface area contributed by atoms with Crippen molar-refractivity contribution in [1.29, 1.82) is 0 Å². The molecule has 0 spiro atoms. The van der Waals surface area contributed by atoms with Gasteiger partial charge < -0.3 is 10.1 Å². The second-order valence-corrected chi connectivity index (χ2v) is 9.06. The molecular weight excluding hydrogens is 424 g/mol. The summed E-state index contributed by atoms with van der Waals surface area (Å²) in [5.74, 6) is -0.375. The van der Waals surface area contributed by atoms with E-state index in [-0.39, 0.29) is 11.8 Å². The van der Waals surface area contributed by atoms with Crippen molar-refractivity contribution in [3.8, 4) is 17.1 Å². The molecule has 4 aromatic rings. The number of rotatable bonds is 5. The van der Waals surface area contributed by atoms with Crippen LogP contribution in [0.2, 0.25) is 0 Å². The highest BCUT2D eigenvalue weighted by Crippen LogP contribution is 2.38. The summed E-state index contributed by atoms with van der Waals surface area (Å²) in [7, 11) is 0. The number of aliphatic imine (C=N–C) groups is 1. The number of nitrogens with one attached hydrogen (secondary N) is 1. The molecule has 5 rings (SSSR count). The van der Waals surface area contributed by atoms with E-state index in [0.717, 1.165) is 25.8 Å². The van der Waals surface area contributed by atoms with Gasteiger partial charge in [0, 0.05) is 20.2 Å². The molecule has 31 heavy (non-hydrogen) atoms. The molecule has 2 heterocycles. The van der Waals surface area contributed by atoms with E-state index in [1.54, 1.807) is 23.5 Å². The Morgan fingerprint density at radius 2 is 1.39 bits per heavy atom. The van der Waals surface area contributed by atoms with Crippen LogP contribution >= 0.6 is 23.5 Å². The van der Waals surface area contributed by atoms with Crippen LogP contribution < -0.4 is 0 Å². The number of hydrogen-bond donors (Lipinski definition) is 2. The standard InChI is InChI=1S/C25H18N2O2S2/c1-30-17-11-7-15(8-12-17)22-20-21(25(29)26-22)23(27-24(20)28)16-9-13-19(14-10-16)31-18-5-3-2-4-6-18/h2-14,26,29H,1H3. The van der Waals surface area contributed by atoms with Gasteiger partial charge in [0.2, 0.25) is 0 Å². The molecule has 0 fully saturated rings. The van der Waals surface area contributed by atoms with E-state index in [9.17, 15) is 9.90 Å². The van der Waals surface area contributed by atoms with Gasteiger partial charge >= 0.3 is 0 Å². The van der Waals surface area contributed by atoms with Crippen molar-refractivity contribution < 1.29 is 9.90 Å². The van der Waals surface area contributed by atoms with E-state index in [2.05, 4.69) is 22.1 Å². The lowest BCUT2D eigenvalue weighted by Crippen LogP contribution is -1.99. The van der Waals surface area contributed by atoms with Gasteiger partial charge in [-0.15, -0.1) is 11.8 Å². The van der Waals surface area contributed by atoms with E-state index in [1.165, 1.54) is 0 Å². The van der Waals surface area contributed by atoms with Crippen LogP contribution in [-0.2, 0) is 0 Å². The van der Waals surface area contributed by atoms with Gasteiger partial charge in [0.15, 0.2) is 5.88 Å². The first-order valence-corrected chi connectivity index (χ1v) is 11.7. The Balaban J connectivity index is 1.47. The van der Waals surface area contributed by atoms with Crippen molar-refractivity contribution in [2.45, 2.75) is 14.7 Å². The number of benzene rings is 3. The first-order chi connectivity index (χ1) is 15.1. The molecule has 3 aromatic carbocycles. The van der Waals surface area contributed by atoms with Crippen LogP contribution in [0.4, 0.5) is 0 Å². The number of amides is 1. The van der Waals surface area contributed by atoms with Gasteiger partial charge in [0.25, 0.3) is 5.91 Å². The molecule has 1 aliphatic heterocycles. The minimum atomic E-state index is -0.340. The van der Waals surface area contributed by atoms with E-state index in [4.69, 9.17) is 0 Å². The zero-order valence-corrected chi connectivity index (χ0v) is 18.3. The Morgan fingerprint density at radius 3 is 2.06 bits per heavy atom. The number of nitrogens with zero attached hydrogens (tertiary/aromatic N) is 1. The van der Waals surface area contributed by atoms with Crippen LogP contribution in [0, 0.1) is 0 Å². The molecule has 0 unspecified atom stereocenters. The van der Waals surface area contributed by atoms with Gasteiger partial charge in [-0.25, -0.2) is 4.99 Å². The van der Waals surface area contributed by atoms with Gasteiger partial charge in [-0.05, 0) is 48.2 Å². The highest BCUT2D eigenvalue weighted by Gasteiger charge is 2.33. The summed E-state index contributed by atoms with van der Waals surface area (Å²) in [5.41, 5.74) is 3.62. The highest BCUT2D eigenvalue weighted by atomic mass is 32.2. The van der Waals surface area contributed by atoms with Crippen molar-refractivity contribution in [2.75, 3.05) is 6.26 Å². The smallest absolute Gasteiger partial charge is 0.280 e. The number of carbonyl (C=O) groups is 1. The summed E-state index contributed by atoms with van der Waals surface area (Å²) >= 11 is 3.32. The van der Waals surface area contributed by atoms with E-state index >= 15 is 0 Å². The Hall–Kier alpha value is -3.22. The number of aromatic hydroxyl groups is 1. The Bertz CT molecular complexity index is 1290. The van der Waals surface area contributed by atoms with E-state index < -0.39 is 0 Å². The molecule has 0 saturated carbocycles. The van der Waals surface area contributed by atoms with Gasteiger partial charge in [0.05, 0.1) is 22.5 Å². The number of H-pyrrole nitrogens is 1. The predicted octanol–water partition coefficient (Wildman–Crippen LogP) is 6.25. The van der Waals surface area contributed by atoms with Crippen LogP contribution in [0.25, 0.3) is 11.3 Å². The highest BCUT2D eigenvalue weighted by molar-refractivity contribution is 7.99. The normalized spacial score (nSPS) is 12.7. The third-order valence-corrected chi connectivity index (χ3v) is 6.89. The van der Waals surface area contributed by atoms with Crippen LogP contribution in [0.15, 0.2) is 98.5 Å². The molecule has 2 N–H and O–H groups in total. The summed E-state index contributed by atoms with van der Waals surface area (Å²) in [4.78, 5) is 23.4. The van der Waals surface area contributed by atoms with Crippen LogP contribution in [-0.4, -0.2) is 28.0 Å². The van der Waals surface area contributed by atoms with Crippen LogP contribution in [0.1, 0.15) is 21.5 Å². The Labute approximate surface area is 188 Å². The van der Waals surface area contributed by atoms with Crippen molar-refractivity contribution in [3.63, 3.8) is 0 Å². The third kappa shape index (κ3) is 3.69. The maximum Gasteiger partial charge on any atom is 0.280 e. The summed E-state index contributed by atoms with van der Waals surface area (Å²) in [6, 6.07) is 25.9. The number of thioether (sulfide) groups is 1. The number of hydrogen-bond acceptors (Lipinski definition) is 4. The third-order valence-electron chi connectivity index (χ3n) is 5.13. The van der Waals surface area contributed by atoms with Gasteiger partial charge in [-0.2, -0.15) is 0 Å². The van der Waals surface area contributed by atoms with Crippen LogP contribution in [0.5, 0.6) is 5.88 Å². The fourth-order valence-corrected chi connectivity index (χ4v) is 4.88. The summed E-state index contributed by atoms with van der Waals surface area (Å²) in [5, 5.41) is 10.6. The predicted molar refractivity (Wildman–Crippen MR) is 127 cm³/mol. The zero-order valence-electron chi connectivity index (χ0n) is 16.6. The second-order valence-electron chi connectivity index (χ2n) is 7.03. The monoisotopic (exact) mass is 442 g/mol. The Morgan fingerprint density at radius 1 is 0.774 bits per heavy atom. The molecule has 0 radical (unpaired) electrons.